The third-order valence-corrected chi connectivity index (χ3v) is 4.03. The lowest BCUT2D eigenvalue weighted by molar-refractivity contribution is -0.118. The fourth-order valence-corrected chi connectivity index (χ4v) is 2.44. The first-order valence-corrected chi connectivity index (χ1v) is 7.95. The first-order chi connectivity index (χ1) is 10.1. The normalized spacial score (nSPS) is 10.2. The van der Waals surface area contributed by atoms with Gasteiger partial charge in [0.05, 0.1) is 5.69 Å². The van der Waals surface area contributed by atoms with Crippen molar-refractivity contribution in [3.8, 4) is 5.75 Å². The van der Waals surface area contributed by atoms with Crippen LogP contribution in [0.3, 0.4) is 0 Å². The smallest absolute Gasteiger partial charge is 0.262 e. The van der Waals surface area contributed by atoms with Gasteiger partial charge in [-0.2, -0.15) is 0 Å². The molecule has 0 unspecified atom stereocenters. The minimum absolute atomic E-state index is 0.00517. The predicted octanol–water partition coefficient (Wildman–Crippen LogP) is 4.04. The van der Waals surface area contributed by atoms with E-state index in [1.807, 2.05) is 62.6 Å². The second kappa shape index (κ2) is 7.18. The van der Waals surface area contributed by atoms with Crippen molar-refractivity contribution in [2.45, 2.75) is 18.7 Å². The highest BCUT2D eigenvalue weighted by atomic mass is 32.2. The second-order valence-electron chi connectivity index (χ2n) is 4.78. The number of thioether (sulfide) groups is 1. The van der Waals surface area contributed by atoms with E-state index in [-0.39, 0.29) is 12.5 Å². The molecule has 0 saturated heterocycles. The Bertz CT molecular complexity index is 640. The van der Waals surface area contributed by atoms with E-state index in [9.17, 15) is 4.79 Å². The Morgan fingerprint density at radius 3 is 2.62 bits per heavy atom. The Labute approximate surface area is 129 Å². The maximum Gasteiger partial charge on any atom is 0.262 e. The Balaban J connectivity index is 1.94. The minimum atomic E-state index is -0.158. The summed E-state index contributed by atoms with van der Waals surface area (Å²) in [5.41, 5.74) is 3.18. The predicted molar refractivity (Wildman–Crippen MR) is 88.3 cm³/mol. The van der Waals surface area contributed by atoms with Crippen LogP contribution in [0.5, 0.6) is 5.75 Å². The zero-order valence-electron chi connectivity index (χ0n) is 12.5. The van der Waals surface area contributed by atoms with Crippen LogP contribution in [-0.2, 0) is 4.79 Å². The Morgan fingerprint density at radius 1 is 1.14 bits per heavy atom. The van der Waals surface area contributed by atoms with Crippen molar-refractivity contribution in [3.63, 3.8) is 0 Å². The van der Waals surface area contributed by atoms with E-state index in [4.69, 9.17) is 4.74 Å². The summed E-state index contributed by atoms with van der Waals surface area (Å²) in [6.07, 6.45) is 1.98. The number of aryl methyl sites for hydroxylation is 2. The summed E-state index contributed by atoms with van der Waals surface area (Å²) in [5, 5.41) is 2.87. The number of anilines is 1. The topological polar surface area (TPSA) is 38.3 Å². The van der Waals surface area contributed by atoms with Crippen LogP contribution in [-0.4, -0.2) is 18.8 Å². The minimum Gasteiger partial charge on any atom is -0.484 e. The van der Waals surface area contributed by atoms with Gasteiger partial charge in [-0.3, -0.25) is 4.79 Å². The third-order valence-electron chi connectivity index (χ3n) is 3.23. The van der Waals surface area contributed by atoms with Crippen LogP contribution < -0.4 is 10.1 Å². The van der Waals surface area contributed by atoms with Gasteiger partial charge in [0.1, 0.15) is 5.75 Å². The Hall–Kier alpha value is -1.94. The van der Waals surface area contributed by atoms with Gasteiger partial charge in [-0.1, -0.05) is 18.2 Å². The molecule has 0 heterocycles. The molecule has 2 aromatic rings. The summed E-state index contributed by atoms with van der Waals surface area (Å²) >= 11 is 1.60. The highest BCUT2D eigenvalue weighted by Crippen LogP contribution is 2.24. The molecule has 0 aliphatic heterocycles. The summed E-state index contributed by atoms with van der Waals surface area (Å²) in [5.74, 6) is 0.557. The van der Waals surface area contributed by atoms with Gasteiger partial charge in [0.15, 0.2) is 6.61 Å². The molecular weight excluding hydrogens is 282 g/mol. The van der Waals surface area contributed by atoms with E-state index in [0.29, 0.717) is 5.75 Å². The third kappa shape index (κ3) is 4.26. The van der Waals surface area contributed by atoms with E-state index < -0.39 is 0 Å². The van der Waals surface area contributed by atoms with Gasteiger partial charge in [-0.05, 0) is 55.5 Å². The average Bonchev–Trinajstić information content (AvgIpc) is 2.49. The van der Waals surface area contributed by atoms with Crippen molar-refractivity contribution in [2.24, 2.45) is 0 Å². The van der Waals surface area contributed by atoms with Crippen LogP contribution in [0.25, 0.3) is 0 Å². The van der Waals surface area contributed by atoms with E-state index in [0.717, 1.165) is 16.1 Å². The molecular formula is C17H19NO2S. The maximum atomic E-state index is 12.0. The lowest BCUT2D eigenvalue weighted by Crippen LogP contribution is -2.20. The highest BCUT2D eigenvalue weighted by molar-refractivity contribution is 7.98. The van der Waals surface area contributed by atoms with Crippen LogP contribution in [0.4, 0.5) is 5.69 Å². The lowest BCUT2D eigenvalue weighted by Gasteiger charge is -2.11. The molecule has 21 heavy (non-hydrogen) atoms. The fourth-order valence-electron chi connectivity index (χ4n) is 1.89. The van der Waals surface area contributed by atoms with Gasteiger partial charge in [0.25, 0.3) is 5.91 Å². The maximum absolute atomic E-state index is 12.0. The van der Waals surface area contributed by atoms with Crippen molar-refractivity contribution in [1.29, 1.82) is 0 Å². The van der Waals surface area contributed by atoms with Crippen LogP contribution >= 0.6 is 11.8 Å². The highest BCUT2D eigenvalue weighted by Gasteiger charge is 2.07. The Kier molecular flexibility index (Phi) is 5.28. The number of rotatable bonds is 5. The zero-order valence-corrected chi connectivity index (χ0v) is 13.3. The van der Waals surface area contributed by atoms with Gasteiger partial charge < -0.3 is 10.1 Å². The molecule has 0 saturated carbocycles. The molecule has 2 aromatic carbocycles. The average molecular weight is 301 g/mol. The molecule has 2 rings (SSSR count). The van der Waals surface area contributed by atoms with Gasteiger partial charge in [0, 0.05) is 4.90 Å². The molecule has 0 aliphatic rings. The first-order valence-electron chi connectivity index (χ1n) is 6.73. The van der Waals surface area contributed by atoms with E-state index >= 15 is 0 Å². The standard InChI is InChI=1S/C17H19NO2S/c1-12-8-9-14(10-13(12)2)20-11-17(19)18-15-6-4-5-7-16(15)21-3/h4-10H,11H2,1-3H3,(H,18,19). The van der Waals surface area contributed by atoms with Crippen LogP contribution in [0.1, 0.15) is 11.1 Å². The SMILES string of the molecule is CSc1ccccc1NC(=O)COc1ccc(C)c(C)c1. The van der Waals surface area contributed by atoms with E-state index in [1.54, 1.807) is 11.8 Å². The van der Waals surface area contributed by atoms with Crippen LogP contribution in [0, 0.1) is 13.8 Å². The molecule has 4 heteroatoms. The number of amides is 1. The molecule has 1 N–H and O–H groups in total. The van der Waals surface area contributed by atoms with E-state index in [1.165, 1.54) is 5.56 Å². The van der Waals surface area contributed by atoms with Crippen molar-refractivity contribution in [3.05, 3.63) is 53.6 Å². The lowest BCUT2D eigenvalue weighted by atomic mass is 10.1. The largest absolute Gasteiger partial charge is 0.484 e. The Morgan fingerprint density at radius 2 is 1.90 bits per heavy atom. The van der Waals surface area contributed by atoms with Gasteiger partial charge in [0.2, 0.25) is 0 Å². The van der Waals surface area contributed by atoms with Gasteiger partial charge in [-0.25, -0.2) is 0 Å². The van der Waals surface area contributed by atoms with Gasteiger partial charge in [-0.15, -0.1) is 11.8 Å². The van der Waals surface area contributed by atoms with Crippen molar-refractivity contribution in [2.75, 3.05) is 18.2 Å². The molecule has 1 amide bonds. The summed E-state index contributed by atoms with van der Waals surface area (Å²) in [4.78, 5) is 13.0. The quantitative estimate of drug-likeness (QED) is 0.847. The molecule has 0 atom stereocenters. The fraction of sp³-hybridized carbons (Fsp3) is 0.235. The molecule has 0 spiro atoms. The number of nitrogens with one attached hydrogen (secondary N) is 1. The number of carbonyl (C=O) groups is 1. The molecule has 0 aromatic heterocycles. The number of hydrogen-bond donors (Lipinski definition) is 1. The number of para-hydroxylation sites is 1. The van der Waals surface area contributed by atoms with Crippen LogP contribution in [0.2, 0.25) is 0 Å². The summed E-state index contributed by atoms with van der Waals surface area (Å²) in [6.45, 7) is 4.08. The van der Waals surface area contributed by atoms with E-state index in [2.05, 4.69) is 5.32 Å². The van der Waals surface area contributed by atoms with Crippen molar-refractivity contribution in [1.82, 2.24) is 0 Å². The first kappa shape index (κ1) is 15.4. The van der Waals surface area contributed by atoms with Crippen molar-refractivity contribution >= 4 is 23.4 Å². The molecule has 110 valence electrons. The second-order valence-corrected chi connectivity index (χ2v) is 5.63. The molecule has 0 radical (unpaired) electrons. The summed E-state index contributed by atoms with van der Waals surface area (Å²) in [7, 11) is 0. The van der Waals surface area contributed by atoms with Crippen molar-refractivity contribution < 1.29 is 9.53 Å². The molecule has 0 bridgehead atoms. The molecule has 3 nitrogen and oxygen atoms in total. The van der Waals surface area contributed by atoms with Crippen LogP contribution in [0.15, 0.2) is 47.4 Å². The number of carbonyl (C=O) groups excluding carboxylic acids is 1. The summed E-state index contributed by atoms with van der Waals surface area (Å²) in [6, 6.07) is 13.5. The number of hydrogen-bond acceptors (Lipinski definition) is 3. The molecule has 0 aliphatic carbocycles. The zero-order chi connectivity index (χ0) is 15.2. The number of ether oxygens (including phenoxy) is 1. The number of benzene rings is 2. The van der Waals surface area contributed by atoms with Gasteiger partial charge >= 0.3 is 0 Å². The monoisotopic (exact) mass is 301 g/mol. The molecule has 0 fully saturated rings. The summed E-state index contributed by atoms with van der Waals surface area (Å²) < 4.78 is 5.53.